The molecule has 2 saturated heterocycles. The van der Waals surface area contributed by atoms with Crippen molar-refractivity contribution in [1.29, 1.82) is 0 Å². The van der Waals surface area contributed by atoms with Crippen molar-refractivity contribution in [3.05, 3.63) is 23.8 Å². The number of phenolic OH excluding ortho intramolecular Hbond substituents is 1. The number of fused-ring (bicyclic) bond motifs is 1. The molecule has 2 heterocycles. The molecule has 2 atom stereocenters. The lowest BCUT2D eigenvalue weighted by molar-refractivity contribution is 0.0534. The molecule has 2 fully saturated rings. The molecular weight excluding hydrogens is 264 g/mol. The number of rotatable bonds is 4. The standard InChI is InChI=1S/C17H26N2O2/c1-3-21-16-8-4-6-14(17(16)20)11-19-12-15-7-5-9-18(15)10-13(19)2/h4,6,8,13,15,20H,3,5,7,9-12H2,1-2H3. The Hall–Kier alpha value is -1.26. The van der Waals surface area contributed by atoms with E-state index in [1.54, 1.807) is 0 Å². The minimum absolute atomic E-state index is 0.306. The maximum Gasteiger partial charge on any atom is 0.162 e. The number of phenols is 1. The molecular formula is C17H26N2O2. The van der Waals surface area contributed by atoms with Gasteiger partial charge in [0.1, 0.15) is 0 Å². The number of piperazine rings is 1. The van der Waals surface area contributed by atoms with Gasteiger partial charge in [0.2, 0.25) is 0 Å². The lowest BCUT2D eigenvalue weighted by atomic mass is 10.1. The Labute approximate surface area is 127 Å². The highest BCUT2D eigenvalue weighted by molar-refractivity contribution is 5.45. The third-order valence-corrected chi connectivity index (χ3v) is 4.82. The van der Waals surface area contributed by atoms with Crippen molar-refractivity contribution in [3.8, 4) is 11.5 Å². The van der Waals surface area contributed by atoms with Crippen molar-refractivity contribution >= 4 is 0 Å². The first-order chi connectivity index (χ1) is 10.2. The summed E-state index contributed by atoms with van der Waals surface area (Å²) in [5.74, 6) is 0.905. The fourth-order valence-corrected chi connectivity index (χ4v) is 3.65. The molecule has 0 radical (unpaired) electrons. The fraction of sp³-hybridized carbons (Fsp3) is 0.647. The van der Waals surface area contributed by atoms with Crippen molar-refractivity contribution in [3.63, 3.8) is 0 Å². The van der Waals surface area contributed by atoms with Gasteiger partial charge in [-0.1, -0.05) is 12.1 Å². The van der Waals surface area contributed by atoms with Gasteiger partial charge < -0.3 is 9.84 Å². The Morgan fingerprint density at radius 3 is 3.00 bits per heavy atom. The van der Waals surface area contributed by atoms with E-state index in [2.05, 4.69) is 16.7 Å². The Kier molecular flexibility index (Phi) is 4.36. The second kappa shape index (κ2) is 6.24. The first kappa shape index (κ1) is 14.7. The summed E-state index contributed by atoms with van der Waals surface area (Å²) >= 11 is 0. The smallest absolute Gasteiger partial charge is 0.162 e. The number of benzene rings is 1. The van der Waals surface area contributed by atoms with Crippen LogP contribution in [0.5, 0.6) is 11.5 Å². The second-order valence-corrected chi connectivity index (χ2v) is 6.27. The molecule has 3 rings (SSSR count). The van der Waals surface area contributed by atoms with Crippen LogP contribution in [0.15, 0.2) is 18.2 Å². The van der Waals surface area contributed by atoms with Crippen molar-refractivity contribution in [1.82, 2.24) is 9.80 Å². The Morgan fingerprint density at radius 1 is 1.33 bits per heavy atom. The van der Waals surface area contributed by atoms with Crippen molar-refractivity contribution < 1.29 is 9.84 Å². The highest BCUT2D eigenvalue weighted by atomic mass is 16.5. The highest BCUT2D eigenvalue weighted by Crippen LogP contribution is 2.32. The lowest BCUT2D eigenvalue weighted by Crippen LogP contribution is -2.54. The molecule has 2 aliphatic heterocycles. The van der Waals surface area contributed by atoms with Crippen LogP contribution in [0.4, 0.5) is 0 Å². The molecule has 21 heavy (non-hydrogen) atoms. The Balaban J connectivity index is 1.72. The van der Waals surface area contributed by atoms with E-state index in [1.165, 1.54) is 19.4 Å². The van der Waals surface area contributed by atoms with Gasteiger partial charge >= 0.3 is 0 Å². The highest BCUT2D eigenvalue weighted by Gasteiger charge is 2.34. The van der Waals surface area contributed by atoms with E-state index in [9.17, 15) is 5.11 Å². The van der Waals surface area contributed by atoms with Crippen molar-refractivity contribution in [2.24, 2.45) is 0 Å². The molecule has 116 valence electrons. The monoisotopic (exact) mass is 290 g/mol. The van der Waals surface area contributed by atoms with E-state index in [0.717, 1.165) is 25.2 Å². The van der Waals surface area contributed by atoms with E-state index >= 15 is 0 Å². The largest absolute Gasteiger partial charge is 0.504 e. The van der Waals surface area contributed by atoms with Crippen LogP contribution in [0.2, 0.25) is 0 Å². The van der Waals surface area contributed by atoms with Crippen molar-refractivity contribution in [2.75, 3.05) is 26.2 Å². The van der Waals surface area contributed by atoms with Gasteiger partial charge in [0, 0.05) is 37.3 Å². The molecule has 0 amide bonds. The summed E-state index contributed by atoms with van der Waals surface area (Å²) in [6.45, 7) is 9.13. The minimum atomic E-state index is 0.306. The van der Waals surface area contributed by atoms with E-state index < -0.39 is 0 Å². The molecule has 2 unspecified atom stereocenters. The van der Waals surface area contributed by atoms with Gasteiger partial charge in [0.15, 0.2) is 11.5 Å². The normalized spacial score (nSPS) is 26.8. The average Bonchev–Trinajstić information content (AvgIpc) is 2.91. The van der Waals surface area contributed by atoms with Crippen LogP contribution in [0.1, 0.15) is 32.3 Å². The lowest BCUT2D eigenvalue weighted by Gasteiger charge is -2.42. The first-order valence-corrected chi connectivity index (χ1v) is 8.10. The quantitative estimate of drug-likeness (QED) is 0.924. The summed E-state index contributed by atoms with van der Waals surface area (Å²) in [5, 5.41) is 10.4. The third kappa shape index (κ3) is 3.01. The van der Waals surface area contributed by atoms with E-state index in [-0.39, 0.29) is 0 Å². The Bertz CT molecular complexity index is 492. The van der Waals surface area contributed by atoms with Gasteiger partial charge in [-0.2, -0.15) is 0 Å². The van der Waals surface area contributed by atoms with Crippen LogP contribution in [-0.2, 0) is 6.54 Å². The summed E-state index contributed by atoms with van der Waals surface area (Å²) in [6.07, 6.45) is 2.64. The van der Waals surface area contributed by atoms with Gasteiger partial charge in [-0.3, -0.25) is 9.80 Å². The zero-order valence-corrected chi connectivity index (χ0v) is 13.1. The van der Waals surface area contributed by atoms with Gasteiger partial charge in [0.05, 0.1) is 6.61 Å². The number of para-hydroxylation sites is 1. The number of ether oxygens (including phenoxy) is 1. The average molecular weight is 290 g/mol. The molecule has 4 heteroatoms. The van der Waals surface area contributed by atoms with Gasteiger partial charge in [-0.15, -0.1) is 0 Å². The summed E-state index contributed by atoms with van der Waals surface area (Å²) in [5.41, 5.74) is 0.972. The molecule has 0 aliphatic carbocycles. The van der Waals surface area contributed by atoms with Gasteiger partial charge in [0.25, 0.3) is 0 Å². The number of nitrogens with zero attached hydrogens (tertiary/aromatic N) is 2. The van der Waals surface area contributed by atoms with Crippen LogP contribution < -0.4 is 4.74 Å². The second-order valence-electron chi connectivity index (χ2n) is 6.27. The minimum Gasteiger partial charge on any atom is -0.504 e. The van der Waals surface area contributed by atoms with Crippen LogP contribution >= 0.6 is 0 Å². The zero-order valence-electron chi connectivity index (χ0n) is 13.1. The predicted octanol–water partition coefficient (Wildman–Crippen LogP) is 2.46. The Morgan fingerprint density at radius 2 is 2.19 bits per heavy atom. The molecule has 1 aromatic carbocycles. The molecule has 0 saturated carbocycles. The van der Waals surface area contributed by atoms with E-state index in [0.29, 0.717) is 30.2 Å². The summed E-state index contributed by atoms with van der Waals surface area (Å²) in [6, 6.07) is 7.05. The molecule has 1 N–H and O–H groups in total. The molecule has 4 nitrogen and oxygen atoms in total. The summed E-state index contributed by atoms with van der Waals surface area (Å²) in [7, 11) is 0. The van der Waals surface area contributed by atoms with Crippen molar-refractivity contribution in [2.45, 2.75) is 45.3 Å². The van der Waals surface area contributed by atoms with Crippen LogP contribution in [-0.4, -0.2) is 53.2 Å². The molecule has 0 bridgehead atoms. The van der Waals surface area contributed by atoms with Crippen LogP contribution in [0.3, 0.4) is 0 Å². The van der Waals surface area contributed by atoms with E-state index in [4.69, 9.17) is 4.74 Å². The topological polar surface area (TPSA) is 35.9 Å². The molecule has 1 aromatic rings. The SMILES string of the molecule is CCOc1cccc(CN2CC3CCCN3CC2C)c1O. The fourth-order valence-electron chi connectivity index (χ4n) is 3.65. The number of aromatic hydroxyl groups is 1. The third-order valence-electron chi connectivity index (χ3n) is 4.82. The maximum atomic E-state index is 10.4. The molecule has 0 spiro atoms. The predicted molar refractivity (Wildman–Crippen MR) is 83.7 cm³/mol. The van der Waals surface area contributed by atoms with Gasteiger partial charge in [-0.25, -0.2) is 0 Å². The number of hydrogen-bond donors (Lipinski definition) is 1. The molecule has 2 aliphatic rings. The molecule has 0 aromatic heterocycles. The van der Waals surface area contributed by atoms with Gasteiger partial charge in [-0.05, 0) is 39.3 Å². The first-order valence-electron chi connectivity index (χ1n) is 8.10. The van der Waals surface area contributed by atoms with E-state index in [1.807, 2.05) is 25.1 Å². The summed E-state index contributed by atoms with van der Waals surface area (Å²) < 4.78 is 5.49. The maximum absolute atomic E-state index is 10.4. The van der Waals surface area contributed by atoms with Crippen LogP contribution in [0.25, 0.3) is 0 Å². The number of hydrogen-bond acceptors (Lipinski definition) is 4. The van der Waals surface area contributed by atoms with Crippen LogP contribution in [0, 0.1) is 0 Å². The zero-order chi connectivity index (χ0) is 14.8. The summed E-state index contributed by atoms with van der Waals surface area (Å²) in [4.78, 5) is 5.12.